The van der Waals surface area contributed by atoms with Gasteiger partial charge in [0.25, 0.3) is 5.91 Å². The fourth-order valence-electron chi connectivity index (χ4n) is 3.14. The third-order valence-corrected chi connectivity index (χ3v) is 5.13. The average molecular weight is 410 g/mol. The van der Waals surface area contributed by atoms with Gasteiger partial charge in [0.05, 0.1) is 17.0 Å². The maximum absolute atomic E-state index is 13.3. The van der Waals surface area contributed by atoms with Crippen molar-refractivity contribution in [3.05, 3.63) is 75.9 Å². The van der Waals surface area contributed by atoms with Gasteiger partial charge < -0.3 is 5.32 Å². The van der Waals surface area contributed by atoms with E-state index in [1.165, 1.54) is 12.1 Å². The zero-order chi connectivity index (χ0) is 20.7. The highest BCUT2D eigenvalue weighted by molar-refractivity contribution is 6.31. The lowest BCUT2D eigenvalue weighted by atomic mass is 10.1. The number of halogens is 2. The number of carbonyl (C=O) groups excluding carboxylic acids is 1. The number of fused-ring (bicyclic) bond motifs is 1. The number of hydrogen-bond donors (Lipinski definition) is 1. The van der Waals surface area contributed by atoms with Gasteiger partial charge in [0.1, 0.15) is 5.82 Å². The third kappa shape index (κ3) is 3.45. The highest BCUT2D eigenvalue weighted by atomic mass is 35.5. The van der Waals surface area contributed by atoms with Crippen molar-refractivity contribution in [3.63, 3.8) is 0 Å². The van der Waals surface area contributed by atoms with E-state index >= 15 is 0 Å². The normalized spacial score (nSPS) is 11.1. The van der Waals surface area contributed by atoms with Crippen molar-refractivity contribution in [2.24, 2.45) is 0 Å². The first-order valence-electron chi connectivity index (χ1n) is 8.91. The molecule has 0 bridgehead atoms. The predicted octanol–water partition coefficient (Wildman–Crippen LogP) is 4.76. The van der Waals surface area contributed by atoms with E-state index < -0.39 is 5.91 Å². The Morgan fingerprint density at radius 2 is 1.79 bits per heavy atom. The molecule has 1 amide bonds. The van der Waals surface area contributed by atoms with E-state index in [0.717, 1.165) is 16.7 Å². The molecule has 0 unspecified atom stereocenters. The minimum Gasteiger partial charge on any atom is -0.320 e. The summed E-state index contributed by atoms with van der Waals surface area (Å²) in [6, 6.07) is 11.4. The van der Waals surface area contributed by atoms with Gasteiger partial charge in [-0.3, -0.25) is 4.79 Å². The van der Waals surface area contributed by atoms with Crippen LogP contribution in [0.3, 0.4) is 0 Å². The lowest BCUT2D eigenvalue weighted by molar-refractivity contribution is 0.102. The van der Waals surface area contributed by atoms with Crippen LogP contribution >= 0.6 is 11.6 Å². The summed E-state index contributed by atoms with van der Waals surface area (Å²) in [5.41, 5.74) is 4.91. The number of nitrogens with one attached hydrogen (secondary N) is 1. The number of aryl methyl sites for hydroxylation is 3. The van der Waals surface area contributed by atoms with Crippen LogP contribution < -0.4 is 5.32 Å². The number of anilines is 1. The highest BCUT2D eigenvalue weighted by Gasteiger charge is 2.20. The van der Waals surface area contributed by atoms with Crippen molar-refractivity contribution in [1.82, 2.24) is 19.8 Å². The maximum Gasteiger partial charge on any atom is 0.278 e. The van der Waals surface area contributed by atoms with Crippen LogP contribution in [0.15, 0.2) is 42.5 Å². The molecule has 29 heavy (non-hydrogen) atoms. The summed E-state index contributed by atoms with van der Waals surface area (Å²) >= 11 is 6.12. The first-order chi connectivity index (χ1) is 13.8. The Morgan fingerprint density at radius 1 is 1.07 bits per heavy atom. The van der Waals surface area contributed by atoms with Crippen LogP contribution in [-0.2, 0) is 0 Å². The number of benzene rings is 2. The Balaban J connectivity index is 1.73. The molecule has 0 fully saturated rings. The molecule has 0 atom stereocenters. The van der Waals surface area contributed by atoms with Gasteiger partial charge in [-0.1, -0.05) is 29.8 Å². The lowest BCUT2D eigenvalue weighted by Crippen LogP contribution is -2.18. The van der Waals surface area contributed by atoms with Crippen LogP contribution in [0, 0.1) is 26.6 Å². The molecule has 0 saturated heterocycles. The molecule has 146 valence electrons. The fraction of sp³-hybridized carbons (Fsp3) is 0.143. The number of amides is 1. The Bertz CT molecular complexity index is 1250. The SMILES string of the molecule is Cc1ccc(NC(=O)c2nnc3c(-c4ccc(F)cc4)c(C)nn3c2C)cc1Cl. The Kier molecular flexibility index (Phi) is 4.76. The summed E-state index contributed by atoms with van der Waals surface area (Å²) in [5.74, 6) is -0.728. The van der Waals surface area contributed by atoms with Gasteiger partial charge in [0.2, 0.25) is 0 Å². The van der Waals surface area contributed by atoms with Crippen LogP contribution in [0.2, 0.25) is 5.02 Å². The van der Waals surface area contributed by atoms with Crippen LogP contribution in [0.5, 0.6) is 0 Å². The first-order valence-corrected chi connectivity index (χ1v) is 9.29. The third-order valence-electron chi connectivity index (χ3n) is 4.72. The second-order valence-corrected chi connectivity index (χ2v) is 7.16. The molecule has 0 aliphatic rings. The summed E-state index contributed by atoms with van der Waals surface area (Å²) in [6.07, 6.45) is 0. The lowest BCUT2D eigenvalue weighted by Gasteiger charge is -2.09. The molecule has 0 radical (unpaired) electrons. The van der Waals surface area contributed by atoms with Crippen LogP contribution in [0.1, 0.15) is 27.4 Å². The predicted molar refractivity (Wildman–Crippen MR) is 110 cm³/mol. The molecule has 1 N–H and O–H groups in total. The second-order valence-electron chi connectivity index (χ2n) is 6.75. The molecule has 6 nitrogen and oxygen atoms in total. The summed E-state index contributed by atoms with van der Waals surface area (Å²) in [7, 11) is 0. The van der Waals surface area contributed by atoms with E-state index in [-0.39, 0.29) is 11.5 Å². The topological polar surface area (TPSA) is 72.2 Å². The van der Waals surface area contributed by atoms with Crippen molar-refractivity contribution >= 4 is 28.8 Å². The minimum absolute atomic E-state index is 0.155. The molecule has 2 aromatic heterocycles. The van der Waals surface area contributed by atoms with Gasteiger partial charge in [0.15, 0.2) is 11.3 Å². The molecule has 2 aromatic carbocycles. The Hall–Kier alpha value is -3.32. The van der Waals surface area contributed by atoms with E-state index in [2.05, 4.69) is 20.6 Å². The summed E-state index contributed by atoms with van der Waals surface area (Å²) in [4.78, 5) is 12.7. The molecule has 0 aliphatic carbocycles. The van der Waals surface area contributed by atoms with Gasteiger partial charge in [0, 0.05) is 10.7 Å². The smallest absolute Gasteiger partial charge is 0.278 e. The summed E-state index contributed by atoms with van der Waals surface area (Å²) < 4.78 is 14.9. The minimum atomic E-state index is -0.409. The van der Waals surface area contributed by atoms with Crippen molar-refractivity contribution in [3.8, 4) is 11.1 Å². The van der Waals surface area contributed by atoms with E-state index in [0.29, 0.717) is 27.7 Å². The standard InChI is InChI=1S/C21H17ClFN5O/c1-11-4-9-16(10-17(11)22)24-21(29)19-13(3)28-20(26-25-19)18(12(2)27-28)14-5-7-15(23)8-6-14/h4-10H,1-3H3,(H,24,29). The largest absolute Gasteiger partial charge is 0.320 e. The highest BCUT2D eigenvalue weighted by Crippen LogP contribution is 2.28. The van der Waals surface area contributed by atoms with Gasteiger partial charge in [-0.05, 0) is 56.2 Å². The van der Waals surface area contributed by atoms with Crippen LogP contribution in [-0.4, -0.2) is 25.7 Å². The molecular formula is C21H17ClFN5O. The number of hydrogen-bond acceptors (Lipinski definition) is 4. The van der Waals surface area contributed by atoms with Gasteiger partial charge in [-0.15, -0.1) is 10.2 Å². The quantitative estimate of drug-likeness (QED) is 0.529. The summed E-state index contributed by atoms with van der Waals surface area (Å²) in [6.45, 7) is 5.47. The summed E-state index contributed by atoms with van der Waals surface area (Å²) in [5, 5.41) is 16.2. The zero-order valence-electron chi connectivity index (χ0n) is 16.0. The fourth-order valence-corrected chi connectivity index (χ4v) is 3.32. The van der Waals surface area contributed by atoms with Gasteiger partial charge in [-0.25, -0.2) is 8.91 Å². The van der Waals surface area contributed by atoms with Crippen LogP contribution in [0.4, 0.5) is 10.1 Å². The molecule has 2 heterocycles. The zero-order valence-corrected chi connectivity index (χ0v) is 16.8. The molecule has 0 aliphatic heterocycles. The molecule has 0 spiro atoms. The van der Waals surface area contributed by atoms with Crippen molar-refractivity contribution in [2.45, 2.75) is 20.8 Å². The van der Waals surface area contributed by atoms with Crippen molar-refractivity contribution < 1.29 is 9.18 Å². The number of carbonyl (C=O) groups is 1. The molecule has 4 aromatic rings. The van der Waals surface area contributed by atoms with E-state index in [1.807, 2.05) is 19.9 Å². The van der Waals surface area contributed by atoms with Gasteiger partial charge in [-0.2, -0.15) is 5.10 Å². The molecule has 8 heteroatoms. The second kappa shape index (κ2) is 7.25. The first kappa shape index (κ1) is 19.0. The Morgan fingerprint density at radius 3 is 2.48 bits per heavy atom. The maximum atomic E-state index is 13.3. The van der Waals surface area contributed by atoms with Crippen molar-refractivity contribution in [1.29, 1.82) is 0 Å². The van der Waals surface area contributed by atoms with Gasteiger partial charge >= 0.3 is 0 Å². The Labute approximate surface area is 171 Å². The molecule has 4 rings (SSSR count). The van der Waals surface area contributed by atoms with Crippen LogP contribution in [0.25, 0.3) is 16.8 Å². The van der Waals surface area contributed by atoms with E-state index in [9.17, 15) is 9.18 Å². The monoisotopic (exact) mass is 409 g/mol. The average Bonchev–Trinajstić information content (AvgIpc) is 3.02. The number of aromatic nitrogens is 4. The number of rotatable bonds is 3. The van der Waals surface area contributed by atoms with Crippen molar-refractivity contribution in [2.75, 3.05) is 5.32 Å². The molecular weight excluding hydrogens is 393 g/mol. The molecule has 0 saturated carbocycles. The van der Waals surface area contributed by atoms with E-state index in [4.69, 9.17) is 11.6 Å². The van der Waals surface area contributed by atoms with E-state index in [1.54, 1.807) is 35.7 Å². The number of nitrogens with zero attached hydrogens (tertiary/aromatic N) is 4.